The summed E-state index contributed by atoms with van der Waals surface area (Å²) >= 11 is 0. The Morgan fingerprint density at radius 1 is 1.24 bits per heavy atom. The van der Waals surface area contributed by atoms with E-state index in [9.17, 15) is 9.90 Å². The number of ether oxygens (including phenoxy) is 2. The molecule has 2 N–H and O–H groups in total. The highest BCUT2D eigenvalue weighted by atomic mass is 16.5. The lowest BCUT2D eigenvalue weighted by Gasteiger charge is -2.37. The molecule has 2 aromatic carbocycles. The molecule has 134 valence electrons. The summed E-state index contributed by atoms with van der Waals surface area (Å²) in [5.41, 5.74) is 0.392. The summed E-state index contributed by atoms with van der Waals surface area (Å²) in [6.07, 6.45) is 1.28. The van der Waals surface area contributed by atoms with Gasteiger partial charge in [0.15, 0.2) is 0 Å². The lowest BCUT2D eigenvalue weighted by atomic mass is 9.89. The first-order valence-electron chi connectivity index (χ1n) is 8.65. The number of methoxy groups -OCH3 is 1. The van der Waals surface area contributed by atoms with Gasteiger partial charge in [-0.15, -0.1) is 0 Å². The van der Waals surface area contributed by atoms with Gasteiger partial charge in [0.1, 0.15) is 5.75 Å². The molecular weight excluding hydrogens is 318 g/mol. The maximum Gasteiger partial charge on any atom is 0.227 e. The van der Waals surface area contributed by atoms with E-state index in [1.54, 1.807) is 7.11 Å². The van der Waals surface area contributed by atoms with Crippen molar-refractivity contribution in [2.45, 2.75) is 31.2 Å². The van der Waals surface area contributed by atoms with Crippen molar-refractivity contribution in [2.24, 2.45) is 0 Å². The Kier molecular flexibility index (Phi) is 5.25. The number of hydrogen-bond donors (Lipinski definition) is 2. The molecule has 5 heteroatoms. The van der Waals surface area contributed by atoms with Crippen molar-refractivity contribution in [3.63, 3.8) is 0 Å². The van der Waals surface area contributed by atoms with Crippen LogP contribution in [-0.4, -0.2) is 43.5 Å². The van der Waals surface area contributed by atoms with Crippen molar-refractivity contribution in [1.29, 1.82) is 0 Å². The molecule has 5 nitrogen and oxygen atoms in total. The zero-order valence-electron chi connectivity index (χ0n) is 14.7. The second kappa shape index (κ2) is 7.42. The van der Waals surface area contributed by atoms with Crippen molar-refractivity contribution in [3.05, 3.63) is 42.0 Å². The Labute approximate surface area is 147 Å². The number of benzene rings is 2. The Hall–Kier alpha value is -2.11. The van der Waals surface area contributed by atoms with Crippen LogP contribution in [-0.2, 0) is 9.53 Å². The maximum atomic E-state index is 12.7. The van der Waals surface area contributed by atoms with Gasteiger partial charge in [0, 0.05) is 13.2 Å². The van der Waals surface area contributed by atoms with Crippen LogP contribution in [0.25, 0.3) is 10.8 Å². The monoisotopic (exact) mass is 343 g/mol. The molecular formula is C20H25NO4. The molecule has 1 atom stereocenters. The standard InChI is InChI=1S/C20H25NO4/c1-14(19(23)21-20(13-22)7-9-25-10-8-20)15-3-4-17-12-18(24-2)6-5-16(17)11-15/h3-6,11-12,14,22H,7-10,13H2,1-2H3,(H,21,23)/t14-/m0/s1. The van der Waals surface area contributed by atoms with E-state index in [0.717, 1.165) is 22.1 Å². The van der Waals surface area contributed by atoms with Gasteiger partial charge >= 0.3 is 0 Å². The maximum absolute atomic E-state index is 12.7. The summed E-state index contributed by atoms with van der Waals surface area (Å²) in [5, 5.41) is 15.0. The van der Waals surface area contributed by atoms with Crippen LogP contribution in [0.5, 0.6) is 5.75 Å². The minimum absolute atomic E-state index is 0.0632. The van der Waals surface area contributed by atoms with Gasteiger partial charge in [0.05, 0.1) is 25.2 Å². The lowest BCUT2D eigenvalue weighted by Crippen LogP contribution is -2.55. The Balaban J connectivity index is 1.78. The van der Waals surface area contributed by atoms with E-state index in [4.69, 9.17) is 9.47 Å². The van der Waals surface area contributed by atoms with Crippen LogP contribution in [0.2, 0.25) is 0 Å². The SMILES string of the molecule is COc1ccc2cc([C@H](C)C(=O)NC3(CO)CCOCC3)ccc2c1. The van der Waals surface area contributed by atoms with Crippen molar-refractivity contribution in [3.8, 4) is 5.75 Å². The van der Waals surface area contributed by atoms with E-state index in [2.05, 4.69) is 5.32 Å². The number of aliphatic hydroxyl groups is 1. The molecule has 2 aromatic rings. The van der Waals surface area contributed by atoms with Gasteiger partial charge in [0.2, 0.25) is 5.91 Å². The number of aliphatic hydroxyl groups excluding tert-OH is 1. The number of fused-ring (bicyclic) bond motifs is 1. The average Bonchev–Trinajstić information content (AvgIpc) is 2.67. The Morgan fingerprint density at radius 2 is 1.92 bits per heavy atom. The van der Waals surface area contributed by atoms with Gasteiger partial charge in [-0.3, -0.25) is 4.79 Å². The minimum atomic E-state index is -0.562. The fraction of sp³-hybridized carbons (Fsp3) is 0.450. The van der Waals surface area contributed by atoms with Gasteiger partial charge in [-0.1, -0.05) is 24.3 Å². The Morgan fingerprint density at radius 3 is 2.60 bits per heavy atom. The molecule has 1 saturated heterocycles. The number of hydrogen-bond acceptors (Lipinski definition) is 4. The van der Waals surface area contributed by atoms with Gasteiger partial charge in [-0.25, -0.2) is 0 Å². The van der Waals surface area contributed by atoms with Crippen LogP contribution >= 0.6 is 0 Å². The summed E-state index contributed by atoms with van der Waals surface area (Å²) in [4.78, 5) is 12.7. The number of carbonyl (C=O) groups is 1. The van der Waals surface area contributed by atoms with Crippen LogP contribution in [0.1, 0.15) is 31.2 Å². The van der Waals surface area contributed by atoms with Crippen LogP contribution < -0.4 is 10.1 Å². The molecule has 0 aromatic heterocycles. The first kappa shape index (κ1) is 17.7. The molecule has 1 aliphatic heterocycles. The Bertz CT molecular complexity index is 752. The zero-order valence-corrected chi connectivity index (χ0v) is 14.7. The van der Waals surface area contributed by atoms with Gasteiger partial charge in [0.25, 0.3) is 0 Å². The fourth-order valence-electron chi connectivity index (χ4n) is 3.24. The van der Waals surface area contributed by atoms with Crippen molar-refractivity contribution >= 4 is 16.7 Å². The highest BCUT2D eigenvalue weighted by Gasteiger charge is 2.34. The summed E-state index contributed by atoms with van der Waals surface area (Å²) in [7, 11) is 1.65. The minimum Gasteiger partial charge on any atom is -0.497 e. The van der Waals surface area contributed by atoms with Crippen molar-refractivity contribution in [2.75, 3.05) is 26.9 Å². The number of amides is 1. The molecule has 0 saturated carbocycles. The predicted octanol–water partition coefficient (Wildman–Crippen LogP) is 2.61. The summed E-state index contributed by atoms with van der Waals surface area (Å²) in [6, 6.07) is 11.9. The van der Waals surface area contributed by atoms with Gasteiger partial charge < -0.3 is 19.9 Å². The summed E-state index contributed by atoms with van der Waals surface area (Å²) in [6.45, 7) is 2.96. The van der Waals surface area contributed by atoms with Gasteiger partial charge in [-0.05, 0) is 48.2 Å². The smallest absolute Gasteiger partial charge is 0.227 e. The number of rotatable bonds is 5. The summed E-state index contributed by atoms with van der Waals surface area (Å²) in [5.74, 6) is 0.456. The third kappa shape index (κ3) is 3.78. The number of nitrogens with one attached hydrogen (secondary N) is 1. The van der Waals surface area contributed by atoms with E-state index in [0.29, 0.717) is 26.1 Å². The van der Waals surface area contributed by atoms with Crippen LogP contribution in [0.15, 0.2) is 36.4 Å². The van der Waals surface area contributed by atoms with Crippen molar-refractivity contribution < 1.29 is 19.4 Å². The van der Waals surface area contributed by atoms with E-state index < -0.39 is 5.54 Å². The highest BCUT2D eigenvalue weighted by Crippen LogP contribution is 2.27. The molecule has 0 unspecified atom stereocenters. The van der Waals surface area contributed by atoms with E-state index in [1.165, 1.54) is 0 Å². The quantitative estimate of drug-likeness (QED) is 0.876. The molecule has 1 heterocycles. The molecule has 1 fully saturated rings. The van der Waals surface area contributed by atoms with Crippen LogP contribution in [0.4, 0.5) is 0 Å². The molecule has 1 amide bonds. The summed E-state index contributed by atoms with van der Waals surface area (Å²) < 4.78 is 10.6. The lowest BCUT2D eigenvalue weighted by molar-refractivity contribution is -0.126. The van der Waals surface area contributed by atoms with E-state index in [1.807, 2.05) is 43.3 Å². The van der Waals surface area contributed by atoms with E-state index >= 15 is 0 Å². The first-order valence-corrected chi connectivity index (χ1v) is 8.65. The molecule has 0 radical (unpaired) electrons. The molecule has 1 aliphatic rings. The number of carbonyl (C=O) groups excluding carboxylic acids is 1. The zero-order chi connectivity index (χ0) is 17.9. The van der Waals surface area contributed by atoms with E-state index in [-0.39, 0.29) is 18.4 Å². The second-order valence-electron chi connectivity index (χ2n) is 6.73. The third-order valence-corrected chi connectivity index (χ3v) is 5.11. The fourth-order valence-corrected chi connectivity index (χ4v) is 3.24. The third-order valence-electron chi connectivity index (χ3n) is 5.11. The highest BCUT2D eigenvalue weighted by molar-refractivity contribution is 5.88. The predicted molar refractivity (Wildman–Crippen MR) is 96.9 cm³/mol. The molecule has 0 spiro atoms. The topological polar surface area (TPSA) is 67.8 Å². The largest absolute Gasteiger partial charge is 0.497 e. The average molecular weight is 343 g/mol. The first-order chi connectivity index (χ1) is 12.1. The normalized spacial score (nSPS) is 17.9. The molecule has 3 rings (SSSR count). The molecule has 25 heavy (non-hydrogen) atoms. The van der Waals surface area contributed by atoms with Gasteiger partial charge in [-0.2, -0.15) is 0 Å². The molecule has 0 bridgehead atoms. The molecule has 0 aliphatic carbocycles. The van der Waals surface area contributed by atoms with Crippen molar-refractivity contribution in [1.82, 2.24) is 5.32 Å². The second-order valence-corrected chi connectivity index (χ2v) is 6.73. The van der Waals surface area contributed by atoms with Crippen LogP contribution in [0, 0.1) is 0 Å². The van der Waals surface area contributed by atoms with Crippen LogP contribution in [0.3, 0.4) is 0 Å².